The van der Waals surface area contributed by atoms with Crippen LogP contribution >= 0.6 is 12.4 Å². The molecule has 0 spiro atoms. The molecule has 2 atom stereocenters. The number of hydrogen-bond acceptors (Lipinski definition) is 8. The molecule has 8 nitrogen and oxygen atoms in total. The number of hydrogen-bond donors (Lipinski definition) is 2. The van der Waals surface area contributed by atoms with Gasteiger partial charge in [0.2, 0.25) is 0 Å². The van der Waals surface area contributed by atoms with Crippen molar-refractivity contribution in [2.45, 2.75) is 51.6 Å². The second-order valence-electron chi connectivity index (χ2n) is 12.1. The first kappa shape index (κ1) is 32.5. The molecule has 9 heteroatoms. The van der Waals surface area contributed by atoms with Crippen molar-refractivity contribution in [2.75, 3.05) is 40.0 Å². The topological polar surface area (TPSA) is 97.7 Å². The normalized spacial score (nSPS) is 20.3. The van der Waals surface area contributed by atoms with Gasteiger partial charge in [0, 0.05) is 18.7 Å². The van der Waals surface area contributed by atoms with Crippen LogP contribution in [0.15, 0.2) is 60.7 Å². The monoisotopic (exact) mass is 611 g/mol. The molecule has 3 aromatic rings. The Bertz CT molecular complexity index is 1380. The summed E-state index contributed by atoms with van der Waals surface area (Å²) < 4.78 is 23.0. The fourth-order valence-corrected chi connectivity index (χ4v) is 5.66. The summed E-state index contributed by atoms with van der Waals surface area (Å²) in [6.45, 7) is 9.09. The molecule has 43 heavy (non-hydrogen) atoms. The Morgan fingerprint density at radius 3 is 2.26 bits per heavy atom. The number of fused-ring (bicyclic) bond motifs is 1. The Morgan fingerprint density at radius 2 is 1.63 bits per heavy atom. The SMILES string of the molecule is COc1ccc(C2COc3cc(OC(=O)C(C)(C)C)cc(O)c3C2(O)c2ccc(OCCN3CCCCC3)cc2)cc1.Cl. The molecular weight excluding hydrogens is 570 g/mol. The summed E-state index contributed by atoms with van der Waals surface area (Å²) in [6.07, 6.45) is 3.77. The van der Waals surface area contributed by atoms with Crippen molar-refractivity contribution in [3.63, 3.8) is 0 Å². The highest BCUT2D eigenvalue weighted by Crippen LogP contribution is 2.54. The molecule has 0 aliphatic carbocycles. The number of rotatable bonds is 8. The summed E-state index contributed by atoms with van der Waals surface area (Å²) >= 11 is 0. The molecule has 0 amide bonds. The lowest BCUT2D eigenvalue weighted by Gasteiger charge is -2.42. The lowest BCUT2D eigenvalue weighted by Crippen LogP contribution is -2.42. The summed E-state index contributed by atoms with van der Waals surface area (Å²) in [7, 11) is 1.60. The number of piperidine rings is 1. The van der Waals surface area contributed by atoms with Crippen molar-refractivity contribution < 1.29 is 34.0 Å². The van der Waals surface area contributed by atoms with Crippen molar-refractivity contribution in [1.82, 2.24) is 4.90 Å². The minimum absolute atomic E-state index is 0. The summed E-state index contributed by atoms with van der Waals surface area (Å²) in [5.41, 5.74) is -0.793. The van der Waals surface area contributed by atoms with E-state index in [0.717, 1.165) is 25.2 Å². The number of aliphatic hydroxyl groups is 1. The van der Waals surface area contributed by atoms with Crippen molar-refractivity contribution in [3.8, 4) is 28.7 Å². The highest BCUT2D eigenvalue weighted by atomic mass is 35.5. The Kier molecular flexibility index (Phi) is 10.2. The molecule has 2 aliphatic heterocycles. The molecule has 2 unspecified atom stereocenters. The maximum absolute atomic E-state index is 12.6. The van der Waals surface area contributed by atoms with Crippen molar-refractivity contribution in [3.05, 3.63) is 77.4 Å². The zero-order valence-electron chi connectivity index (χ0n) is 25.3. The quantitative estimate of drug-likeness (QED) is 0.235. The Balaban J connectivity index is 0.00000423. The number of carbonyl (C=O) groups is 1. The van der Waals surface area contributed by atoms with Crippen molar-refractivity contribution in [1.29, 1.82) is 0 Å². The second kappa shape index (κ2) is 13.5. The van der Waals surface area contributed by atoms with Crippen LogP contribution in [-0.4, -0.2) is 61.0 Å². The number of phenolic OH excluding ortho intramolecular Hbond substituents is 1. The number of benzene rings is 3. The van der Waals surface area contributed by atoms with Gasteiger partial charge < -0.3 is 29.2 Å². The molecule has 2 heterocycles. The van der Waals surface area contributed by atoms with Gasteiger partial charge in [-0.1, -0.05) is 30.7 Å². The van der Waals surface area contributed by atoms with Gasteiger partial charge in [-0.3, -0.25) is 9.69 Å². The van der Waals surface area contributed by atoms with E-state index in [1.54, 1.807) is 33.9 Å². The third-order valence-electron chi connectivity index (χ3n) is 8.11. The van der Waals surface area contributed by atoms with Crippen LogP contribution in [0.5, 0.6) is 28.7 Å². The highest BCUT2D eigenvalue weighted by Gasteiger charge is 2.48. The first-order valence-corrected chi connectivity index (χ1v) is 14.6. The van der Waals surface area contributed by atoms with Gasteiger partial charge in [0.1, 0.15) is 41.0 Å². The van der Waals surface area contributed by atoms with Gasteiger partial charge in [0.15, 0.2) is 0 Å². The zero-order chi connectivity index (χ0) is 29.9. The van der Waals surface area contributed by atoms with E-state index in [9.17, 15) is 15.0 Å². The van der Waals surface area contributed by atoms with Gasteiger partial charge in [-0.25, -0.2) is 0 Å². The van der Waals surface area contributed by atoms with Gasteiger partial charge in [-0.05, 0) is 82.1 Å². The molecule has 0 bridgehead atoms. The van der Waals surface area contributed by atoms with Crippen molar-refractivity contribution in [2.24, 2.45) is 5.41 Å². The minimum atomic E-state index is -1.66. The number of ether oxygens (including phenoxy) is 4. The molecule has 0 saturated carbocycles. The predicted molar refractivity (Wildman–Crippen MR) is 167 cm³/mol. The van der Waals surface area contributed by atoms with E-state index in [2.05, 4.69) is 4.90 Å². The summed E-state index contributed by atoms with van der Waals surface area (Å²) in [4.78, 5) is 15.0. The van der Waals surface area contributed by atoms with Crippen LogP contribution in [0.1, 0.15) is 62.6 Å². The van der Waals surface area contributed by atoms with Crippen LogP contribution in [0.2, 0.25) is 0 Å². The average Bonchev–Trinajstić information content (AvgIpc) is 2.97. The van der Waals surface area contributed by atoms with Gasteiger partial charge in [-0.15, -0.1) is 12.4 Å². The van der Waals surface area contributed by atoms with Crippen LogP contribution < -0.4 is 18.9 Å². The third kappa shape index (κ3) is 7.03. The molecule has 0 aromatic heterocycles. The summed E-state index contributed by atoms with van der Waals surface area (Å²) in [5.74, 6) is 0.567. The number of carbonyl (C=O) groups excluding carboxylic acids is 1. The largest absolute Gasteiger partial charge is 0.507 e. The Morgan fingerprint density at radius 1 is 0.977 bits per heavy atom. The number of aromatic hydroxyl groups is 1. The molecule has 5 rings (SSSR count). The van der Waals surface area contributed by atoms with Crippen LogP contribution in [0, 0.1) is 5.41 Å². The summed E-state index contributed by atoms with van der Waals surface area (Å²) in [5, 5.41) is 23.9. The number of likely N-dealkylation sites (tertiary alicyclic amines) is 1. The van der Waals surface area contributed by atoms with Crippen LogP contribution in [-0.2, 0) is 10.4 Å². The predicted octanol–water partition coefficient (Wildman–Crippen LogP) is 6.05. The lowest BCUT2D eigenvalue weighted by atomic mass is 9.71. The van der Waals surface area contributed by atoms with Gasteiger partial charge in [0.05, 0.1) is 30.6 Å². The van der Waals surface area contributed by atoms with Crippen LogP contribution in [0.3, 0.4) is 0 Å². The first-order chi connectivity index (χ1) is 20.1. The van der Waals surface area contributed by atoms with E-state index in [1.165, 1.54) is 25.3 Å². The zero-order valence-corrected chi connectivity index (χ0v) is 26.1. The van der Waals surface area contributed by atoms with E-state index in [-0.39, 0.29) is 41.8 Å². The van der Waals surface area contributed by atoms with Crippen molar-refractivity contribution >= 4 is 18.4 Å². The molecular formula is C34H42ClNO7. The van der Waals surface area contributed by atoms with E-state index in [4.69, 9.17) is 18.9 Å². The van der Waals surface area contributed by atoms with Crippen LogP contribution in [0.25, 0.3) is 0 Å². The standard InChI is InChI=1S/C34H41NO7.ClH/c1-33(2,3)32(37)42-27-20-29(36)31-30(21-27)41-22-28(23-8-12-25(39-4)13-9-23)34(31,38)24-10-14-26(15-11-24)40-19-18-35-16-6-5-7-17-35;/h8-15,20-21,28,36,38H,5-7,16-19,22H2,1-4H3;1H. The highest BCUT2D eigenvalue weighted by molar-refractivity contribution is 5.85. The number of nitrogens with zero attached hydrogens (tertiary/aromatic N) is 1. The fourth-order valence-electron chi connectivity index (χ4n) is 5.66. The molecule has 1 saturated heterocycles. The van der Waals surface area contributed by atoms with Gasteiger partial charge in [-0.2, -0.15) is 0 Å². The Hall–Kier alpha value is -3.46. The molecule has 3 aromatic carbocycles. The van der Waals surface area contributed by atoms with E-state index < -0.39 is 22.9 Å². The second-order valence-corrected chi connectivity index (χ2v) is 12.1. The fraction of sp³-hybridized carbons (Fsp3) is 0.441. The number of phenols is 1. The minimum Gasteiger partial charge on any atom is -0.507 e. The van der Waals surface area contributed by atoms with E-state index in [1.807, 2.05) is 48.5 Å². The van der Waals surface area contributed by atoms with Gasteiger partial charge in [0.25, 0.3) is 0 Å². The van der Waals surface area contributed by atoms with Gasteiger partial charge >= 0.3 is 5.97 Å². The number of halogens is 1. The lowest BCUT2D eigenvalue weighted by molar-refractivity contribution is -0.143. The average molecular weight is 612 g/mol. The molecule has 0 radical (unpaired) electrons. The maximum atomic E-state index is 12.6. The number of methoxy groups -OCH3 is 1. The molecule has 232 valence electrons. The molecule has 1 fully saturated rings. The molecule has 2 N–H and O–H groups in total. The smallest absolute Gasteiger partial charge is 0.316 e. The first-order valence-electron chi connectivity index (χ1n) is 14.6. The summed E-state index contributed by atoms with van der Waals surface area (Å²) in [6, 6.07) is 17.7. The maximum Gasteiger partial charge on any atom is 0.316 e. The molecule has 2 aliphatic rings. The van der Waals surface area contributed by atoms with Crippen LogP contribution in [0.4, 0.5) is 0 Å². The third-order valence-corrected chi connectivity index (χ3v) is 8.11. The van der Waals surface area contributed by atoms with E-state index >= 15 is 0 Å². The Labute approximate surface area is 259 Å². The van der Waals surface area contributed by atoms with E-state index in [0.29, 0.717) is 23.7 Å². The number of esters is 1.